The van der Waals surface area contributed by atoms with Crippen LogP contribution < -0.4 is 9.47 Å². The molecule has 0 aliphatic heterocycles. The number of hydrogen-bond acceptors (Lipinski definition) is 4. The quantitative estimate of drug-likeness (QED) is 0.282. The number of alkyl halides is 1. The fraction of sp³-hybridized carbons (Fsp3) is 0.357. The summed E-state index contributed by atoms with van der Waals surface area (Å²) in [7, 11) is 3.29. The third-order valence-corrected chi connectivity index (χ3v) is 7.59. The topological polar surface area (TPSA) is 86.8 Å². The number of aromatic nitrogens is 2. The van der Waals surface area contributed by atoms with Crippen molar-refractivity contribution in [3.63, 3.8) is 0 Å². The second-order valence-electron chi connectivity index (χ2n) is 8.78. The zero-order chi connectivity index (χ0) is 24.8. The van der Waals surface area contributed by atoms with E-state index in [0.717, 1.165) is 43.7 Å². The van der Waals surface area contributed by atoms with Crippen LogP contribution in [0.5, 0.6) is 11.5 Å². The number of nitrogens with one attached hydrogen (secondary N) is 1. The van der Waals surface area contributed by atoms with Gasteiger partial charge >= 0.3 is 0 Å². The van der Waals surface area contributed by atoms with E-state index in [0.29, 0.717) is 11.6 Å². The molecule has 2 saturated carbocycles. The molecule has 0 atom stereocenters. The molecular weight excluding hydrogens is 504 g/mol. The second-order valence-corrected chi connectivity index (χ2v) is 10.1. The maximum atomic E-state index is 9.15. The average Bonchev–Trinajstić information content (AvgIpc) is 3.42. The first-order valence-corrected chi connectivity index (χ1v) is 12.8. The first-order chi connectivity index (χ1) is 17.1. The van der Waals surface area contributed by atoms with Gasteiger partial charge in [-0.3, -0.25) is 0 Å². The van der Waals surface area contributed by atoms with Gasteiger partial charge in [-0.1, -0.05) is 22.4 Å². The molecule has 4 aromatic rings. The summed E-state index contributed by atoms with van der Waals surface area (Å²) in [6.45, 7) is 0. The van der Waals surface area contributed by atoms with Gasteiger partial charge < -0.3 is 19.0 Å². The van der Waals surface area contributed by atoms with E-state index in [1.165, 1.54) is 38.5 Å². The van der Waals surface area contributed by atoms with E-state index in [1.807, 2.05) is 42.6 Å². The molecule has 0 saturated heterocycles. The molecule has 180 valence electrons. The Morgan fingerprint density at radius 1 is 0.886 bits per heavy atom. The number of nitrogens with zero attached hydrogens (tertiary/aromatic N) is 3. The molecule has 0 radical (unpaired) electrons. The molecule has 0 bridgehead atoms. The van der Waals surface area contributed by atoms with E-state index >= 15 is 0 Å². The molecule has 2 aromatic heterocycles. The Hall–Kier alpha value is -3.42. The summed E-state index contributed by atoms with van der Waals surface area (Å²) >= 11 is 3.46. The molecule has 35 heavy (non-hydrogen) atoms. The van der Waals surface area contributed by atoms with Crippen molar-refractivity contribution in [1.29, 1.82) is 10.5 Å². The summed E-state index contributed by atoms with van der Waals surface area (Å²) < 4.78 is 12.6. The Morgan fingerprint density at radius 2 is 1.49 bits per heavy atom. The molecule has 2 aromatic carbocycles. The third-order valence-electron chi connectivity index (χ3n) is 6.67. The van der Waals surface area contributed by atoms with E-state index < -0.39 is 0 Å². The molecule has 2 fully saturated rings. The highest BCUT2D eigenvalue weighted by Gasteiger charge is 2.22. The van der Waals surface area contributed by atoms with Crippen molar-refractivity contribution in [2.75, 3.05) is 14.2 Å². The lowest BCUT2D eigenvalue weighted by Crippen LogP contribution is -2.15. The minimum atomic E-state index is 0.562. The van der Waals surface area contributed by atoms with Crippen LogP contribution in [0.1, 0.15) is 55.7 Å². The highest BCUT2D eigenvalue weighted by Crippen LogP contribution is 2.37. The van der Waals surface area contributed by atoms with Gasteiger partial charge in [0.2, 0.25) is 0 Å². The maximum Gasteiger partial charge on any atom is 0.120 e. The summed E-state index contributed by atoms with van der Waals surface area (Å²) in [5, 5.41) is 19.9. The van der Waals surface area contributed by atoms with Gasteiger partial charge in [-0.15, -0.1) is 0 Å². The van der Waals surface area contributed by atoms with Gasteiger partial charge in [-0.25, -0.2) is 0 Å². The van der Waals surface area contributed by atoms with Crippen molar-refractivity contribution in [3.05, 3.63) is 59.9 Å². The van der Waals surface area contributed by atoms with Crippen LogP contribution in [0.3, 0.4) is 0 Å². The van der Waals surface area contributed by atoms with E-state index in [2.05, 4.69) is 37.6 Å². The average molecular weight is 533 g/mol. The molecule has 2 aliphatic carbocycles. The second kappa shape index (κ2) is 11.3. The number of methoxy groups -OCH3 is 2. The molecule has 2 heterocycles. The van der Waals surface area contributed by atoms with Crippen LogP contribution in [0.2, 0.25) is 0 Å². The van der Waals surface area contributed by atoms with E-state index in [9.17, 15) is 0 Å². The SMILES string of the molecule is BrC1CCC1.COc1ccc2c(C#N)c[nH]c2c1.COc1ccc2c(C#N)cn(C3CCC3)c2c1. The fourth-order valence-corrected chi connectivity index (χ4v) is 4.74. The van der Waals surface area contributed by atoms with Gasteiger partial charge in [0.15, 0.2) is 0 Å². The van der Waals surface area contributed by atoms with Crippen LogP contribution in [-0.4, -0.2) is 28.6 Å². The standard InChI is InChI=1S/C14H14N2O.C10H8N2O.C4H7Br/c1-17-12-5-6-13-10(8-15)9-16(14(13)7-12)11-3-2-4-11;1-13-8-2-3-9-7(5-11)6-12-10(9)4-8;5-4-2-1-3-4/h5-7,9,11H,2-4H2,1H3;2-4,6,12H,1H3;4H,1-3H2. The van der Waals surface area contributed by atoms with Crippen LogP contribution in [-0.2, 0) is 0 Å². The van der Waals surface area contributed by atoms with Crippen molar-refractivity contribution in [2.24, 2.45) is 0 Å². The summed E-state index contributed by atoms with van der Waals surface area (Å²) in [5.41, 5.74) is 3.47. The minimum Gasteiger partial charge on any atom is -0.497 e. The zero-order valence-electron chi connectivity index (χ0n) is 20.1. The number of halogens is 1. The molecule has 0 amide bonds. The Balaban J connectivity index is 0.000000141. The predicted octanol–water partition coefficient (Wildman–Crippen LogP) is 7.23. The van der Waals surface area contributed by atoms with Gasteiger partial charge in [0.1, 0.15) is 23.6 Å². The zero-order valence-corrected chi connectivity index (χ0v) is 21.6. The van der Waals surface area contributed by atoms with Crippen molar-refractivity contribution < 1.29 is 9.47 Å². The van der Waals surface area contributed by atoms with Crippen molar-refractivity contribution in [2.45, 2.75) is 49.4 Å². The first-order valence-electron chi connectivity index (χ1n) is 11.9. The highest BCUT2D eigenvalue weighted by molar-refractivity contribution is 9.09. The van der Waals surface area contributed by atoms with Crippen molar-refractivity contribution >= 4 is 37.7 Å². The van der Waals surface area contributed by atoms with Crippen LogP contribution >= 0.6 is 15.9 Å². The number of H-pyrrole nitrogens is 1. The Bertz CT molecular complexity index is 1380. The van der Waals surface area contributed by atoms with Gasteiger partial charge in [0.05, 0.1) is 36.4 Å². The van der Waals surface area contributed by atoms with Crippen LogP contribution in [0, 0.1) is 22.7 Å². The third kappa shape index (κ3) is 5.47. The summed E-state index contributed by atoms with van der Waals surface area (Å²) in [6.07, 6.45) is 11.6. The minimum absolute atomic E-state index is 0.562. The largest absolute Gasteiger partial charge is 0.497 e. The normalized spacial score (nSPS) is 14.9. The van der Waals surface area contributed by atoms with Crippen LogP contribution in [0.25, 0.3) is 21.8 Å². The molecule has 0 spiro atoms. The molecule has 2 aliphatic rings. The number of fused-ring (bicyclic) bond motifs is 2. The summed E-state index contributed by atoms with van der Waals surface area (Å²) in [4.78, 5) is 3.89. The van der Waals surface area contributed by atoms with E-state index in [-0.39, 0.29) is 0 Å². The summed E-state index contributed by atoms with van der Waals surface area (Å²) in [5.74, 6) is 1.64. The lowest BCUT2D eigenvalue weighted by Gasteiger charge is -2.28. The highest BCUT2D eigenvalue weighted by atomic mass is 79.9. The van der Waals surface area contributed by atoms with Gasteiger partial charge in [0, 0.05) is 46.2 Å². The predicted molar refractivity (Wildman–Crippen MR) is 142 cm³/mol. The number of nitriles is 2. The fourth-order valence-electron chi connectivity index (χ4n) is 4.10. The number of aromatic amines is 1. The van der Waals surface area contributed by atoms with Gasteiger partial charge in [0.25, 0.3) is 0 Å². The number of hydrogen-bond donors (Lipinski definition) is 1. The van der Waals surface area contributed by atoms with Crippen LogP contribution in [0.4, 0.5) is 0 Å². The maximum absolute atomic E-state index is 9.15. The smallest absolute Gasteiger partial charge is 0.120 e. The molecule has 7 heteroatoms. The molecule has 6 nitrogen and oxygen atoms in total. The molecule has 0 unspecified atom stereocenters. The molecular formula is C28H29BrN4O2. The molecule has 6 rings (SSSR count). The Kier molecular flexibility index (Phi) is 8.00. The molecule has 1 N–H and O–H groups in total. The number of benzene rings is 2. The van der Waals surface area contributed by atoms with Gasteiger partial charge in [-0.2, -0.15) is 10.5 Å². The lowest BCUT2D eigenvalue weighted by atomic mass is 9.93. The summed E-state index contributed by atoms with van der Waals surface area (Å²) in [6, 6.07) is 16.4. The van der Waals surface area contributed by atoms with E-state index in [4.69, 9.17) is 20.0 Å². The Morgan fingerprint density at radius 3 is 2.00 bits per heavy atom. The number of ether oxygens (including phenoxy) is 2. The monoisotopic (exact) mass is 532 g/mol. The van der Waals surface area contributed by atoms with Gasteiger partial charge in [-0.05, 0) is 56.4 Å². The van der Waals surface area contributed by atoms with Crippen molar-refractivity contribution in [3.8, 4) is 23.6 Å². The van der Waals surface area contributed by atoms with Crippen molar-refractivity contribution in [1.82, 2.24) is 9.55 Å². The first kappa shape index (κ1) is 24.7. The lowest BCUT2D eigenvalue weighted by molar-refractivity contribution is 0.321. The van der Waals surface area contributed by atoms with E-state index in [1.54, 1.807) is 20.4 Å². The van der Waals surface area contributed by atoms with Crippen LogP contribution in [0.15, 0.2) is 48.8 Å². The Labute approximate surface area is 214 Å². The number of rotatable bonds is 3.